The average Bonchev–Trinajstić information content (AvgIpc) is 2.62. The fourth-order valence-electron chi connectivity index (χ4n) is 2.21. The first kappa shape index (κ1) is 13.6. The minimum absolute atomic E-state index is 1.10. The molecule has 1 aliphatic rings. The van der Waals surface area contributed by atoms with Crippen LogP contribution in [0.2, 0.25) is 0 Å². The third-order valence-corrected chi connectivity index (χ3v) is 4.12. The Morgan fingerprint density at radius 1 is 1.22 bits per heavy atom. The van der Waals surface area contributed by atoms with Gasteiger partial charge >= 0.3 is 0 Å². The van der Waals surface area contributed by atoms with E-state index in [-0.39, 0.29) is 0 Å². The highest BCUT2D eigenvalue weighted by atomic mass is 32.1. The number of nitrogens with zero attached hydrogens (tertiary/aromatic N) is 3. The van der Waals surface area contributed by atoms with E-state index in [4.69, 9.17) is 0 Å². The normalized spacial score (nSPS) is 18.1. The molecule has 0 bridgehead atoms. The van der Waals surface area contributed by atoms with Crippen molar-refractivity contribution in [3.05, 3.63) is 17.0 Å². The second kappa shape index (κ2) is 6.90. The maximum atomic E-state index is 4.44. The number of aliphatic imine (C=N–C) groups is 1. The van der Waals surface area contributed by atoms with Gasteiger partial charge in [-0.1, -0.05) is 12.8 Å². The summed E-state index contributed by atoms with van der Waals surface area (Å²) >= 11 is 1.81. The first-order valence-corrected chi connectivity index (χ1v) is 7.57. The van der Waals surface area contributed by atoms with E-state index in [2.05, 4.69) is 22.0 Å². The number of thiophene rings is 1. The lowest BCUT2D eigenvalue weighted by molar-refractivity contribution is 0.279. The summed E-state index contributed by atoms with van der Waals surface area (Å²) in [4.78, 5) is 10.4. The standard InChI is InChI=1S/C14H23N3S/c1-16(2)12-15-14-8-7-13(18-14)11-17-9-5-3-4-6-10-17/h7-8,12H,3-6,9-11H2,1-2H3. The Morgan fingerprint density at radius 2 is 1.94 bits per heavy atom. The van der Waals surface area contributed by atoms with E-state index in [1.165, 1.54) is 43.6 Å². The van der Waals surface area contributed by atoms with Crippen molar-refractivity contribution in [2.75, 3.05) is 27.2 Å². The lowest BCUT2D eigenvalue weighted by Gasteiger charge is -2.18. The molecular weight excluding hydrogens is 242 g/mol. The molecule has 1 saturated heterocycles. The van der Waals surface area contributed by atoms with Gasteiger partial charge in [-0.3, -0.25) is 4.90 Å². The minimum Gasteiger partial charge on any atom is -0.369 e. The van der Waals surface area contributed by atoms with Gasteiger partial charge < -0.3 is 4.90 Å². The van der Waals surface area contributed by atoms with Gasteiger partial charge in [0.1, 0.15) is 5.00 Å². The van der Waals surface area contributed by atoms with Crippen LogP contribution in [0.4, 0.5) is 5.00 Å². The molecule has 18 heavy (non-hydrogen) atoms. The predicted octanol–water partition coefficient (Wildman–Crippen LogP) is 3.35. The van der Waals surface area contributed by atoms with Crippen LogP contribution in [0, 0.1) is 0 Å². The highest BCUT2D eigenvalue weighted by Gasteiger charge is 2.10. The lowest BCUT2D eigenvalue weighted by Crippen LogP contribution is -2.23. The fourth-order valence-corrected chi connectivity index (χ4v) is 3.10. The van der Waals surface area contributed by atoms with Crippen LogP contribution in [0.1, 0.15) is 30.6 Å². The smallest absolute Gasteiger partial charge is 0.118 e. The molecule has 100 valence electrons. The lowest BCUT2D eigenvalue weighted by atomic mass is 10.2. The minimum atomic E-state index is 1.10. The molecule has 1 aromatic heterocycles. The van der Waals surface area contributed by atoms with E-state index >= 15 is 0 Å². The third-order valence-electron chi connectivity index (χ3n) is 3.14. The van der Waals surface area contributed by atoms with Gasteiger partial charge in [0, 0.05) is 25.5 Å². The average molecular weight is 265 g/mol. The van der Waals surface area contributed by atoms with Gasteiger partial charge in [0.2, 0.25) is 0 Å². The number of hydrogen-bond donors (Lipinski definition) is 0. The molecule has 2 rings (SSSR count). The third kappa shape index (κ3) is 4.42. The van der Waals surface area contributed by atoms with Crippen molar-refractivity contribution in [1.82, 2.24) is 9.80 Å². The van der Waals surface area contributed by atoms with E-state index in [0.717, 1.165) is 11.5 Å². The van der Waals surface area contributed by atoms with Gasteiger partial charge in [-0.2, -0.15) is 0 Å². The van der Waals surface area contributed by atoms with Crippen molar-refractivity contribution >= 4 is 22.7 Å². The SMILES string of the molecule is CN(C)C=Nc1ccc(CN2CCCCCC2)s1. The van der Waals surface area contributed by atoms with Crippen LogP contribution in [-0.4, -0.2) is 43.3 Å². The molecule has 3 nitrogen and oxygen atoms in total. The highest BCUT2D eigenvalue weighted by Crippen LogP contribution is 2.26. The van der Waals surface area contributed by atoms with Crippen LogP contribution in [0.3, 0.4) is 0 Å². The summed E-state index contributed by atoms with van der Waals surface area (Å²) in [5.41, 5.74) is 0. The Bertz CT molecular complexity index is 376. The summed E-state index contributed by atoms with van der Waals surface area (Å²) in [6, 6.07) is 4.34. The van der Waals surface area contributed by atoms with Crippen LogP contribution < -0.4 is 0 Å². The molecule has 0 unspecified atom stereocenters. The maximum Gasteiger partial charge on any atom is 0.118 e. The topological polar surface area (TPSA) is 18.8 Å². The Hall–Kier alpha value is -0.870. The van der Waals surface area contributed by atoms with Crippen molar-refractivity contribution in [2.24, 2.45) is 4.99 Å². The summed E-state index contributed by atoms with van der Waals surface area (Å²) in [6.45, 7) is 3.62. The molecular formula is C14H23N3S. The molecule has 1 aromatic rings. The van der Waals surface area contributed by atoms with Crippen LogP contribution in [0.15, 0.2) is 17.1 Å². The van der Waals surface area contributed by atoms with Gasteiger partial charge in [-0.25, -0.2) is 4.99 Å². The van der Waals surface area contributed by atoms with E-state index in [9.17, 15) is 0 Å². The molecule has 0 amide bonds. The van der Waals surface area contributed by atoms with E-state index in [1.807, 2.05) is 36.7 Å². The summed E-state index contributed by atoms with van der Waals surface area (Å²) in [7, 11) is 3.99. The van der Waals surface area contributed by atoms with Gasteiger partial charge in [0.15, 0.2) is 0 Å². The van der Waals surface area contributed by atoms with Gasteiger partial charge in [0.25, 0.3) is 0 Å². The van der Waals surface area contributed by atoms with Crippen molar-refractivity contribution < 1.29 is 0 Å². The van der Waals surface area contributed by atoms with Gasteiger partial charge in [-0.05, 0) is 38.1 Å². The number of likely N-dealkylation sites (tertiary alicyclic amines) is 1. The molecule has 0 aromatic carbocycles. The molecule has 0 radical (unpaired) electrons. The van der Waals surface area contributed by atoms with Gasteiger partial charge in [0.05, 0.1) is 6.34 Å². The van der Waals surface area contributed by atoms with E-state index in [0.29, 0.717) is 0 Å². The maximum absolute atomic E-state index is 4.44. The Balaban J connectivity index is 1.89. The van der Waals surface area contributed by atoms with E-state index < -0.39 is 0 Å². The summed E-state index contributed by atoms with van der Waals surface area (Å²) in [5, 5.41) is 1.11. The fraction of sp³-hybridized carbons (Fsp3) is 0.643. The summed E-state index contributed by atoms with van der Waals surface area (Å²) in [5.74, 6) is 0. The largest absolute Gasteiger partial charge is 0.369 e. The predicted molar refractivity (Wildman–Crippen MR) is 79.9 cm³/mol. The molecule has 0 atom stereocenters. The second-order valence-corrected chi connectivity index (χ2v) is 6.29. The molecule has 4 heteroatoms. The summed E-state index contributed by atoms with van der Waals surface area (Å²) in [6.07, 6.45) is 7.38. The molecule has 0 saturated carbocycles. The quantitative estimate of drug-likeness (QED) is 0.614. The molecule has 0 N–H and O–H groups in total. The highest BCUT2D eigenvalue weighted by molar-refractivity contribution is 7.15. The Labute approximate surface area is 114 Å². The molecule has 1 fully saturated rings. The van der Waals surface area contributed by atoms with Crippen LogP contribution in [0.5, 0.6) is 0 Å². The number of rotatable bonds is 4. The Kier molecular flexibility index (Phi) is 5.20. The zero-order valence-corrected chi connectivity index (χ0v) is 12.2. The number of hydrogen-bond acceptors (Lipinski definition) is 3. The van der Waals surface area contributed by atoms with Crippen molar-refractivity contribution in [2.45, 2.75) is 32.2 Å². The van der Waals surface area contributed by atoms with Gasteiger partial charge in [-0.15, -0.1) is 11.3 Å². The Morgan fingerprint density at radius 3 is 2.61 bits per heavy atom. The zero-order valence-electron chi connectivity index (χ0n) is 11.4. The first-order chi connectivity index (χ1) is 8.74. The first-order valence-electron chi connectivity index (χ1n) is 6.76. The second-order valence-electron chi connectivity index (χ2n) is 5.14. The molecule has 0 spiro atoms. The van der Waals surface area contributed by atoms with Crippen molar-refractivity contribution in [3.63, 3.8) is 0 Å². The summed E-state index contributed by atoms with van der Waals surface area (Å²) < 4.78 is 0. The zero-order chi connectivity index (χ0) is 12.8. The molecule has 2 heterocycles. The molecule has 1 aliphatic heterocycles. The van der Waals surface area contributed by atoms with Crippen LogP contribution in [-0.2, 0) is 6.54 Å². The van der Waals surface area contributed by atoms with Crippen molar-refractivity contribution in [1.29, 1.82) is 0 Å². The van der Waals surface area contributed by atoms with Crippen LogP contribution in [0.25, 0.3) is 0 Å². The van der Waals surface area contributed by atoms with Crippen molar-refractivity contribution in [3.8, 4) is 0 Å². The molecule has 0 aliphatic carbocycles. The van der Waals surface area contributed by atoms with E-state index in [1.54, 1.807) is 0 Å². The monoisotopic (exact) mass is 265 g/mol. The van der Waals surface area contributed by atoms with Crippen LogP contribution >= 0.6 is 11.3 Å².